The molecular formula is C11H10BrN3O3. The molecule has 0 heterocycles. The fraction of sp³-hybridized carbons (Fsp3) is 0.182. The minimum atomic E-state index is -1.14. The van der Waals surface area contributed by atoms with E-state index in [1.54, 1.807) is 18.2 Å². The normalized spacial score (nSPS) is 11.2. The maximum atomic E-state index is 11.5. The van der Waals surface area contributed by atoms with Crippen LogP contribution in [0.5, 0.6) is 0 Å². The molecular weight excluding hydrogens is 302 g/mol. The van der Waals surface area contributed by atoms with Crippen molar-refractivity contribution in [3.63, 3.8) is 0 Å². The van der Waals surface area contributed by atoms with Crippen molar-refractivity contribution in [1.29, 1.82) is 5.26 Å². The Kier molecular flexibility index (Phi) is 4.68. The Labute approximate surface area is 112 Å². The van der Waals surface area contributed by atoms with Gasteiger partial charge in [0.2, 0.25) is 0 Å². The van der Waals surface area contributed by atoms with Gasteiger partial charge in [-0.15, -0.1) is 0 Å². The molecule has 0 aromatic heterocycles. The number of carboxylic acid groups (broad SMARTS) is 1. The highest BCUT2D eigenvalue weighted by molar-refractivity contribution is 9.10. The number of hydrogen-bond donors (Lipinski definition) is 3. The Morgan fingerprint density at radius 1 is 1.50 bits per heavy atom. The zero-order chi connectivity index (χ0) is 13.7. The quantitative estimate of drug-likeness (QED) is 0.793. The van der Waals surface area contributed by atoms with Crippen LogP contribution in [0.15, 0.2) is 22.7 Å². The van der Waals surface area contributed by atoms with Crippen LogP contribution in [0.3, 0.4) is 0 Å². The van der Waals surface area contributed by atoms with Crippen molar-refractivity contribution < 1.29 is 14.7 Å². The van der Waals surface area contributed by atoms with Gasteiger partial charge in [-0.2, -0.15) is 5.26 Å². The molecule has 94 valence electrons. The van der Waals surface area contributed by atoms with Crippen LogP contribution >= 0.6 is 15.9 Å². The van der Waals surface area contributed by atoms with Crippen LogP contribution in [0.4, 0.5) is 10.5 Å². The second-order valence-corrected chi connectivity index (χ2v) is 4.38. The first-order chi connectivity index (χ1) is 8.43. The number of urea groups is 1. The highest BCUT2D eigenvalue weighted by atomic mass is 79.9. The Morgan fingerprint density at radius 3 is 2.72 bits per heavy atom. The first kappa shape index (κ1) is 14.0. The van der Waals surface area contributed by atoms with Crippen LogP contribution in [0, 0.1) is 11.3 Å². The Balaban J connectivity index is 2.77. The fourth-order valence-corrected chi connectivity index (χ4v) is 1.50. The number of benzene rings is 1. The van der Waals surface area contributed by atoms with Crippen molar-refractivity contribution in [2.24, 2.45) is 0 Å². The summed E-state index contributed by atoms with van der Waals surface area (Å²) in [7, 11) is 0. The van der Waals surface area contributed by atoms with E-state index in [2.05, 4.69) is 26.6 Å². The highest BCUT2D eigenvalue weighted by Gasteiger charge is 2.14. The number of nitrogens with zero attached hydrogens (tertiary/aromatic N) is 1. The number of carbonyl (C=O) groups is 2. The molecule has 0 saturated heterocycles. The third-order valence-corrected chi connectivity index (χ3v) is 2.56. The van der Waals surface area contributed by atoms with Crippen molar-refractivity contribution in [1.82, 2.24) is 5.32 Å². The lowest BCUT2D eigenvalue weighted by molar-refractivity contribution is -0.138. The van der Waals surface area contributed by atoms with Crippen molar-refractivity contribution in [3.8, 4) is 6.07 Å². The summed E-state index contributed by atoms with van der Waals surface area (Å²) in [5, 5.41) is 22.2. The van der Waals surface area contributed by atoms with Gasteiger partial charge in [-0.1, -0.05) is 15.9 Å². The van der Waals surface area contributed by atoms with Gasteiger partial charge in [0.05, 0.1) is 11.3 Å². The summed E-state index contributed by atoms with van der Waals surface area (Å²) in [4.78, 5) is 22.0. The van der Waals surface area contributed by atoms with Gasteiger partial charge in [0.1, 0.15) is 12.1 Å². The lowest BCUT2D eigenvalue weighted by Gasteiger charge is -2.11. The lowest BCUT2D eigenvalue weighted by atomic mass is 10.2. The van der Waals surface area contributed by atoms with Crippen molar-refractivity contribution >= 4 is 33.6 Å². The van der Waals surface area contributed by atoms with Gasteiger partial charge in [-0.25, -0.2) is 4.79 Å². The number of anilines is 1. The molecule has 1 atom stereocenters. The summed E-state index contributed by atoms with van der Waals surface area (Å²) in [6.07, 6.45) is 0. The molecule has 6 nitrogen and oxygen atoms in total. The summed E-state index contributed by atoms with van der Waals surface area (Å²) in [6, 6.07) is 5.01. The minimum Gasteiger partial charge on any atom is -0.480 e. The van der Waals surface area contributed by atoms with E-state index in [0.717, 1.165) is 0 Å². The predicted octanol–water partition coefficient (Wildman–Crippen LogP) is 1.92. The molecule has 0 bridgehead atoms. The van der Waals surface area contributed by atoms with Gasteiger partial charge in [-0.05, 0) is 25.1 Å². The monoisotopic (exact) mass is 311 g/mol. The number of halogens is 1. The van der Waals surface area contributed by atoms with E-state index in [9.17, 15) is 9.59 Å². The van der Waals surface area contributed by atoms with Crippen molar-refractivity contribution in [3.05, 3.63) is 28.2 Å². The molecule has 1 rings (SSSR count). The van der Waals surface area contributed by atoms with E-state index in [1.165, 1.54) is 6.92 Å². The molecule has 18 heavy (non-hydrogen) atoms. The standard InChI is InChI=1S/C11H10BrN3O3/c1-6(10(16)17)14-11(18)15-9-3-2-8(12)4-7(9)5-13/h2-4,6H,1H3,(H,16,17)(H2,14,15,18)/t6-/m0/s1. The van der Waals surface area contributed by atoms with Crippen LogP contribution in [0.2, 0.25) is 0 Å². The molecule has 3 N–H and O–H groups in total. The zero-order valence-electron chi connectivity index (χ0n) is 9.40. The molecule has 0 fully saturated rings. The maximum absolute atomic E-state index is 11.5. The highest BCUT2D eigenvalue weighted by Crippen LogP contribution is 2.20. The molecule has 1 aromatic carbocycles. The molecule has 0 unspecified atom stereocenters. The number of aliphatic carboxylic acids is 1. The maximum Gasteiger partial charge on any atom is 0.325 e. The number of hydrogen-bond acceptors (Lipinski definition) is 3. The fourth-order valence-electron chi connectivity index (χ4n) is 1.13. The first-order valence-electron chi connectivity index (χ1n) is 4.94. The molecule has 0 spiro atoms. The zero-order valence-corrected chi connectivity index (χ0v) is 11.0. The van der Waals surface area contributed by atoms with Gasteiger partial charge in [0, 0.05) is 4.47 Å². The topological polar surface area (TPSA) is 102 Å². The number of nitriles is 1. The van der Waals surface area contributed by atoms with Crippen molar-refractivity contribution in [2.45, 2.75) is 13.0 Å². The molecule has 0 radical (unpaired) electrons. The molecule has 0 saturated carbocycles. The third-order valence-electron chi connectivity index (χ3n) is 2.07. The van der Waals surface area contributed by atoms with Gasteiger partial charge in [0.25, 0.3) is 0 Å². The Morgan fingerprint density at radius 2 is 2.17 bits per heavy atom. The van der Waals surface area contributed by atoms with Gasteiger partial charge < -0.3 is 15.7 Å². The summed E-state index contributed by atoms with van der Waals surface area (Å²) < 4.78 is 0.712. The summed E-state index contributed by atoms with van der Waals surface area (Å²) in [5.41, 5.74) is 0.596. The number of nitrogens with one attached hydrogen (secondary N) is 2. The second kappa shape index (κ2) is 6.02. The van der Waals surface area contributed by atoms with E-state index < -0.39 is 18.0 Å². The van der Waals surface area contributed by atoms with E-state index in [0.29, 0.717) is 10.2 Å². The third kappa shape index (κ3) is 3.75. The Hall–Kier alpha value is -2.07. The number of amides is 2. The SMILES string of the molecule is C[C@H](NC(=O)Nc1ccc(Br)cc1C#N)C(=O)O. The summed E-state index contributed by atoms with van der Waals surface area (Å²) >= 11 is 3.21. The Bertz CT molecular complexity index is 525. The van der Waals surface area contributed by atoms with Crippen LogP contribution in [-0.2, 0) is 4.79 Å². The van der Waals surface area contributed by atoms with Crippen molar-refractivity contribution in [2.75, 3.05) is 5.32 Å². The molecule has 0 aliphatic rings. The second-order valence-electron chi connectivity index (χ2n) is 3.46. The average Bonchev–Trinajstić information content (AvgIpc) is 2.31. The average molecular weight is 312 g/mol. The van der Waals surface area contributed by atoms with Gasteiger partial charge in [0.15, 0.2) is 0 Å². The number of carbonyl (C=O) groups excluding carboxylic acids is 1. The van der Waals surface area contributed by atoms with Crippen LogP contribution < -0.4 is 10.6 Å². The molecule has 0 aliphatic heterocycles. The van der Waals surface area contributed by atoms with E-state index in [1.807, 2.05) is 6.07 Å². The largest absolute Gasteiger partial charge is 0.480 e. The summed E-state index contributed by atoms with van der Waals surface area (Å²) in [5.74, 6) is -1.14. The smallest absolute Gasteiger partial charge is 0.325 e. The van der Waals surface area contributed by atoms with Gasteiger partial charge >= 0.3 is 12.0 Å². The van der Waals surface area contributed by atoms with E-state index in [-0.39, 0.29) is 5.56 Å². The van der Waals surface area contributed by atoms with E-state index in [4.69, 9.17) is 10.4 Å². The minimum absolute atomic E-state index is 0.280. The van der Waals surface area contributed by atoms with E-state index >= 15 is 0 Å². The predicted molar refractivity (Wildman–Crippen MR) is 68.1 cm³/mol. The molecule has 2 amide bonds. The lowest BCUT2D eigenvalue weighted by Crippen LogP contribution is -2.40. The number of carboxylic acids is 1. The molecule has 7 heteroatoms. The van der Waals surface area contributed by atoms with Gasteiger partial charge in [-0.3, -0.25) is 4.79 Å². The van der Waals surface area contributed by atoms with Crippen LogP contribution in [-0.4, -0.2) is 23.1 Å². The molecule has 1 aromatic rings. The molecule has 0 aliphatic carbocycles. The van der Waals surface area contributed by atoms with Crippen LogP contribution in [0.25, 0.3) is 0 Å². The first-order valence-corrected chi connectivity index (χ1v) is 5.73. The summed E-state index contributed by atoms with van der Waals surface area (Å²) in [6.45, 7) is 1.34. The van der Waals surface area contributed by atoms with Crippen LogP contribution in [0.1, 0.15) is 12.5 Å². The number of rotatable bonds is 3.